The second-order valence-corrected chi connectivity index (χ2v) is 4.45. The first-order valence-electron chi connectivity index (χ1n) is 6.01. The van der Waals surface area contributed by atoms with E-state index in [4.69, 9.17) is 0 Å². The van der Waals surface area contributed by atoms with Crippen LogP contribution in [0.4, 0.5) is 8.78 Å². The van der Waals surface area contributed by atoms with E-state index in [0.717, 1.165) is 6.07 Å². The van der Waals surface area contributed by atoms with Gasteiger partial charge in [-0.05, 0) is 18.6 Å². The van der Waals surface area contributed by atoms with Crippen LogP contribution < -0.4 is 5.32 Å². The summed E-state index contributed by atoms with van der Waals surface area (Å²) in [6, 6.07) is 2.36. The highest BCUT2D eigenvalue weighted by molar-refractivity contribution is 5.95. The summed E-state index contributed by atoms with van der Waals surface area (Å²) in [7, 11) is 0. The largest absolute Gasteiger partial charge is 0.354 e. The number of carbonyl (C=O) groups is 2. The minimum atomic E-state index is -0.878. The Balaban J connectivity index is 2.29. The Morgan fingerprint density at radius 3 is 2.79 bits per heavy atom. The van der Waals surface area contributed by atoms with Crippen LogP contribution in [0.5, 0.6) is 0 Å². The lowest BCUT2D eigenvalue weighted by Crippen LogP contribution is -2.35. The fourth-order valence-electron chi connectivity index (χ4n) is 1.98. The lowest BCUT2D eigenvalue weighted by atomic mass is 10.1. The van der Waals surface area contributed by atoms with Gasteiger partial charge >= 0.3 is 0 Å². The van der Waals surface area contributed by atoms with E-state index in [1.807, 2.05) is 0 Å². The predicted octanol–water partition coefficient (Wildman–Crippen LogP) is 1.24. The Labute approximate surface area is 109 Å². The van der Waals surface area contributed by atoms with Gasteiger partial charge in [-0.15, -0.1) is 0 Å². The highest BCUT2D eigenvalue weighted by atomic mass is 19.1. The monoisotopic (exact) mass is 268 g/mol. The molecule has 2 amide bonds. The van der Waals surface area contributed by atoms with Gasteiger partial charge in [0.05, 0.1) is 0 Å². The highest BCUT2D eigenvalue weighted by Gasteiger charge is 2.25. The van der Waals surface area contributed by atoms with Gasteiger partial charge in [0.15, 0.2) is 0 Å². The van der Waals surface area contributed by atoms with E-state index in [2.05, 4.69) is 5.32 Å². The first-order chi connectivity index (χ1) is 9.00. The first kappa shape index (κ1) is 13.5. The summed E-state index contributed by atoms with van der Waals surface area (Å²) < 4.78 is 27.5. The van der Waals surface area contributed by atoms with E-state index < -0.39 is 23.1 Å². The molecule has 1 heterocycles. The van der Waals surface area contributed by atoms with E-state index in [9.17, 15) is 18.4 Å². The van der Waals surface area contributed by atoms with Crippen LogP contribution in [-0.4, -0.2) is 36.3 Å². The molecule has 6 heteroatoms. The third kappa shape index (κ3) is 2.72. The summed E-state index contributed by atoms with van der Waals surface area (Å²) in [6.07, 6.45) is 0.140. The molecule has 0 unspecified atom stereocenters. The summed E-state index contributed by atoms with van der Waals surface area (Å²) in [5, 5.41) is 2.60. The Bertz CT molecular complexity index is 532. The Morgan fingerprint density at radius 1 is 1.32 bits per heavy atom. The second kappa shape index (κ2) is 5.34. The molecule has 1 aromatic rings. The molecule has 1 aromatic carbocycles. The van der Waals surface area contributed by atoms with Gasteiger partial charge in [-0.3, -0.25) is 9.59 Å². The molecule has 0 aromatic heterocycles. The molecule has 0 aliphatic carbocycles. The predicted molar refractivity (Wildman–Crippen MR) is 64.6 cm³/mol. The third-order valence-corrected chi connectivity index (χ3v) is 3.10. The summed E-state index contributed by atoms with van der Waals surface area (Å²) in [4.78, 5) is 24.6. The average molecular weight is 268 g/mol. The molecular formula is C13H14F2N2O2. The fourth-order valence-corrected chi connectivity index (χ4v) is 1.98. The van der Waals surface area contributed by atoms with Crippen molar-refractivity contribution in [1.82, 2.24) is 10.2 Å². The number of hydrogen-bond donors (Lipinski definition) is 1. The normalized spacial score (nSPS) is 15.9. The first-order valence-corrected chi connectivity index (χ1v) is 6.01. The molecule has 0 atom stereocenters. The molecule has 1 saturated heterocycles. The van der Waals surface area contributed by atoms with E-state index in [-0.39, 0.29) is 31.0 Å². The average Bonchev–Trinajstić information content (AvgIpc) is 2.59. The van der Waals surface area contributed by atoms with Gasteiger partial charge in [-0.1, -0.05) is 6.07 Å². The molecule has 0 spiro atoms. The lowest BCUT2D eigenvalue weighted by Gasteiger charge is -2.20. The molecule has 0 radical (unpaired) electrons. The number of halogens is 2. The van der Waals surface area contributed by atoms with Crippen LogP contribution in [0.15, 0.2) is 12.1 Å². The number of hydrogen-bond acceptors (Lipinski definition) is 2. The van der Waals surface area contributed by atoms with Crippen LogP contribution in [0.3, 0.4) is 0 Å². The van der Waals surface area contributed by atoms with Crippen molar-refractivity contribution in [2.75, 3.05) is 19.6 Å². The topological polar surface area (TPSA) is 49.4 Å². The number of aryl methyl sites for hydroxylation is 1. The quantitative estimate of drug-likeness (QED) is 0.833. The lowest BCUT2D eigenvalue weighted by molar-refractivity contribution is -0.120. The zero-order chi connectivity index (χ0) is 14.0. The molecule has 1 aliphatic heterocycles. The maximum atomic E-state index is 13.9. The Morgan fingerprint density at radius 2 is 2.05 bits per heavy atom. The van der Waals surface area contributed by atoms with E-state index >= 15 is 0 Å². The van der Waals surface area contributed by atoms with E-state index in [1.165, 1.54) is 17.9 Å². The van der Waals surface area contributed by atoms with Gasteiger partial charge in [0.2, 0.25) is 5.91 Å². The van der Waals surface area contributed by atoms with Gasteiger partial charge in [-0.25, -0.2) is 8.78 Å². The summed E-state index contributed by atoms with van der Waals surface area (Å²) >= 11 is 0. The van der Waals surface area contributed by atoms with Crippen molar-refractivity contribution in [3.8, 4) is 0 Å². The smallest absolute Gasteiger partial charge is 0.259 e. The second-order valence-electron chi connectivity index (χ2n) is 4.45. The number of carbonyl (C=O) groups excluding carboxylic acids is 2. The van der Waals surface area contributed by atoms with Gasteiger partial charge in [-0.2, -0.15) is 0 Å². The Hall–Kier alpha value is -1.98. The van der Waals surface area contributed by atoms with Gasteiger partial charge in [0.25, 0.3) is 5.91 Å². The van der Waals surface area contributed by atoms with Crippen LogP contribution >= 0.6 is 0 Å². The molecular weight excluding hydrogens is 254 g/mol. The van der Waals surface area contributed by atoms with Crippen molar-refractivity contribution >= 4 is 11.8 Å². The number of amides is 2. The molecule has 0 bridgehead atoms. The third-order valence-electron chi connectivity index (χ3n) is 3.10. The van der Waals surface area contributed by atoms with Crippen LogP contribution in [-0.2, 0) is 4.79 Å². The molecule has 1 N–H and O–H groups in total. The molecule has 19 heavy (non-hydrogen) atoms. The fraction of sp³-hybridized carbons (Fsp3) is 0.385. The number of nitrogens with one attached hydrogen (secondary N) is 1. The molecule has 4 nitrogen and oxygen atoms in total. The maximum absolute atomic E-state index is 13.9. The van der Waals surface area contributed by atoms with Crippen LogP contribution in [0, 0.1) is 18.6 Å². The minimum Gasteiger partial charge on any atom is -0.354 e. The van der Waals surface area contributed by atoms with Crippen LogP contribution in [0.2, 0.25) is 0 Å². The van der Waals surface area contributed by atoms with Gasteiger partial charge in [0, 0.05) is 26.1 Å². The van der Waals surface area contributed by atoms with Gasteiger partial charge < -0.3 is 10.2 Å². The zero-order valence-electron chi connectivity index (χ0n) is 10.5. The van der Waals surface area contributed by atoms with Crippen molar-refractivity contribution in [2.45, 2.75) is 13.3 Å². The highest BCUT2D eigenvalue weighted by Crippen LogP contribution is 2.18. The summed E-state index contributed by atoms with van der Waals surface area (Å²) in [6.45, 7) is 2.17. The SMILES string of the molecule is Cc1ccc(F)c(C(=O)N2CCNC(=O)CC2)c1F. The van der Waals surface area contributed by atoms with Crippen LogP contribution in [0.25, 0.3) is 0 Å². The van der Waals surface area contributed by atoms with Crippen molar-refractivity contribution in [1.29, 1.82) is 0 Å². The Kier molecular flexibility index (Phi) is 3.78. The number of benzene rings is 1. The standard InChI is InChI=1S/C13H14F2N2O2/c1-8-2-3-9(14)11(12(8)15)13(19)17-6-4-10(18)16-5-7-17/h2-3H,4-7H2,1H3,(H,16,18). The van der Waals surface area contributed by atoms with E-state index in [0.29, 0.717) is 6.54 Å². The molecule has 1 fully saturated rings. The molecule has 102 valence electrons. The van der Waals surface area contributed by atoms with Gasteiger partial charge in [0.1, 0.15) is 17.2 Å². The van der Waals surface area contributed by atoms with Crippen molar-refractivity contribution < 1.29 is 18.4 Å². The molecule has 0 saturated carbocycles. The zero-order valence-corrected chi connectivity index (χ0v) is 10.5. The summed E-state index contributed by atoms with van der Waals surface area (Å²) in [5.74, 6) is -2.60. The van der Waals surface area contributed by atoms with Crippen molar-refractivity contribution in [3.05, 3.63) is 34.9 Å². The number of rotatable bonds is 1. The minimum absolute atomic E-state index is 0.140. The number of nitrogens with zero attached hydrogens (tertiary/aromatic N) is 1. The summed E-state index contributed by atoms with van der Waals surface area (Å²) in [5.41, 5.74) is -0.330. The van der Waals surface area contributed by atoms with E-state index in [1.54, 1.807) is 0 Å². The maximum Gasteiger partial charge on any atom is 0.259 e. The van der Waals surface area contributed by atoms with Crippen molar-refractivity contribution in [2.24, 2.45) is 0 Å². The van der Waals surface area contributed by atoms with Crippen molar-refractivity contribution in [3.63, 3.8) is 0 Å². The molecule has 2 rings (SSSR count). The molecule has 1 aliphatic rings. The van der Waals surface area contributed by atoms with Crippen LogP contribution in [0.1, 0.15) is 22.3 Å².